The Morgan fingerprint density at radius 1 is 1.23 bits per heavy atom. The van der Waals surface area contributed by atoms with Gasteiger partial charge in [-0.2, -0.15) is 0 Å². The molecule has 8 nitrogen and oxygen atoms in total. The van der Waals surface area contributed by atoms with Crippen LogP contribution in [-0.4, -0.2) is 56.8 Å². The minimum Gasteiger partial charge on any atom is -0.495 e. The van der Waals surface area contributed by atoms with E-state index >= 15 is 0 Å². The number of hydrogen-bond acceptors (Lipinski definition) is 6. The van der Waals surface area contributed by atoms with Gasteiger partial charge in [-0.1, -0.05) is 6.07 Å². The number of benzene rings is 1. The highest BCUT2D eigenvalue weighted by atomic mass is 16.5. The Morgan fingerprint density at radius 2 is 2.03 bits per heavy atom. The third-order valence-corrected chi connectivity index (χ3v) is 5.47. The Balaban J connectivity index is 1.41. The fourth-order valence-electron chi connectivity index (χ4n) is 3.81. The number of carbonyl (C=O) groups excluding carboxylic acids is 2. The summed E-state index contributed by atoms with van der Waals surface area (Å²) in [5.74, 6) is 0.794. The molecule has 158 valence electrons. The summed E-state index contributed by atoms with van der Waals surface area (Å²) in [4.78, 5) is 33.6. The number of methoxy groups -OCH3 is 1. The van der Waals surface area contributed by atoms with E-state index < -0.39 is 5.92 Å². The fraction of sp³-hybridized carbons (Fsp3) is 0.409. The Hall–Kier alpha value is -3.13. The topological polar surface area (TPSA) is 84.0 Å². The van der Waals surface area contributed by atoms with Crippen LogP contribution in [0.25, 0.3) is 0 Å². The molecule has 3 heterocycles. The highest BCUT2D eigenvalue weighted by Gasteiger charge is 2.36. The molecule has 2 aliphatic heterocycles. The maximum atomic E-state index is 12.8. The lowest BCUT2D eigenvalue weighted by molar-refractivity contribution is -0.122. The predicted octanol–water partition coefficient (Wildman–Crippen LogP) is 2.23. The number of hydrogen-bond donors (Lipinski definition) is 1. The number of pyridine rings is 1. The van der Waals surface area contributed by atoms with Gasteiger partial charge in [0.15, 0.2) is 0 Å². The van der Waals surface area contributed by atoms with E-state index in [2.05, 4.69) is 15.2 Å². The van der Waals surface area contributed by atoms with Crippen LogP contribution in [0.5, 0.6) is 5.75 Å². The van der Waals surface area contributed by atoms with Crippen molar-refractivity contribution in [1.29, 1.82) is 0 Å². The van der Waals surface area contributed by atoms with Gasteiger partial charge in [0.1, 0.15) is 11.6 Å². The number of amides is 2. The van der Waals surface area contributed by atoms with Crippen LogP contribution < -0.4 is 19.9 Å². The molecule has 2 aromatic rings. The van der Waals surface area contributed by atoms with Crippen LogP contribution in [0.2, 0.25) is 0 Å². The maximum Gasteiger partial charge on any atom is 0.229 e. The van der Waals surface area contributed by atoms with E-state index in [1.54, 1.807) is 18.2 Å². The number of aromatic nitrogens is 1. The van der Waals surface area contributed by atoms with Crippen LogP contribution in [0.3, 0.4) is 0 Å². The van der Waals surface area contributed by atoms with E-state index in [0.717, 1.165) is 24.5 Å². The molecule has 2 fully saturated rings. The minimum atomic E-state index is -0.429. The summed E-state index contributed by atoms with van der Waals surface area (Å²) in [6.45, 7) is 5.28. The minimum absolute atomic E-state index is 0.0835. The number of morpholine rings is 1. The van der Waals surface area contributed by atoms with E-state index in [1.807, 2.05) is 37.3 Å². The SMILES string of the molecule is COc1ccc(C)cc1N1CC(C(=O)Nc2ccc(N3CCOCC3)nc2)CC1=O. The highest BCUT2D eigenvalue weighted by molar-refractivity contribution is 6.04. The standard InChI is InChI=1S/C22H26N4O4/c1-15-3-5-19(29-2)18(11-15)26-14-16(12-21(26)27)22(28)24-17-4-6-20(23-13-17)25-7-9-30-10-8-25/h3-6,11,13,16H,7-10,12,14H2,1-2H3,(H,24,28). The van der Waals surface area contributed by atoms with Crippen molar-refractivity contribution >= 4 is 29.0 Å². The van der Waals surface area contributed by atoms with Gasteiger partial charge in [-0.05, 0) is 36.8 Å². The number of aryl methyl sites for hydroxylation is 1. The van der Waals surface area contributed by atoms with E-state index in [9.17, 15) is 9.59 Å². The van der Waals surface area contributed by atoms with Crippen LogP contribution in [0.15, 0.2) is 36.5 Å². The molecule has 1 N–H and O–H groups in total. The molecule has 30 heavy (non-hydrogen) atoms. The zero-order valence-corrected chi connectivity index (χ0v) is 17.3. The molecule has 0 aliphatic carbocycles. The molecular formula is C22H26N4O4. The first-order valence-corrected chi connectivity index (χ1v) is 10.1. The Kier molecular flexibility index (Phi) is 5.85. The monoisotopic (exact) mass is 410 g/mol. The molecule has 1 aromatic heterocycles. The lowest BCUT2D eigenvalue weighted by Crippen LogP contribution is -2.36. The predicted molar refractivity (Wildman–Crippen MR) is 114 cm³/mol. The van der Waals surface area contributed by atoms with Gasteiger partial charge in [-0.15, -0.1) is 0 Å². The second-order valence-electron chi connectivity index (χ2n) is 7.57. The fourth-order valence-corrected chi connectivity index (χ4v) is 3.81. The summed E-state index contributed by atoms with van der Waals surface area (Å²) in [6.07, 6.45) is 1.82. The average molecular weight is 410 g/mol. The Labute approximate surface area is 175 Å². The van der Waals surface area contributed by atoms with Crippen molar-refractivity contribution in [2.24, 2.45) is 5.92 Å². The number of anilines is 3. The average Bonchev–Trinajstić information content (AvgIpc) is 3.16. The summed E-state index contributed by atoms with van der Waals surface area (Å²) in [5, 5.41) is 2.89. The lowest BCUT2D eigenvalue weighted by atomic mass is 10.1. The van der Waals surface area contributed by atoms with Crippen molar-refractivity contribution < 1.29 is 19.1 Å². The van der Waals surface area contributed by atoms with Crippen molar-refractivity contribution in [3.05, 3.63) is 42.1 Å². The molecule has 0 saturated carbocycles. The van der Waals surface area contributed by atoms with Gasteiger partial charge in [0.05, 0.1) is 43.8 Å². The van der Waals surface area contributed by atoms with Crippen LogP contribution in [0.1, 0.15) is 12.0 Å². The molecular weight excluding hydrogens is 384 g/mol. The van der Waals surface area contributed by atoms with E-state index in [-0.39, 0.29) is 18.2 Å². The lowest BCUT2D eigenvalue weighted by Gasteiger charge is -2.27. The van der Waals surface area contributed by atoms with Gasteiger partial charge in [-0.25, -0.2) is 4.98 Å². The summed E-state index contributed by atoms with van der Waals surface area (Å²) in [7, 11) is 1.58. The zero-order valence-electron chi connectivity index (χ0n) is 17.3. The van der Waals surface area contributed by atoms with Gasteiger partial charge in [-0.3, -0.25) is 9.59 Å². The first-order valence-electron chi connectivity index (χ1n) is 10.1. The summed E-state index contributed by atoms with van der Waals surface area (Å²) >= 11 is 0. The second-order valence-corrected chi connectivity index (χ2v) is 7.57. The van der Waals surface area contributed by atoms with E-state index in [4.69, 9.17) is 9.47 Å². The Morgan fingerprint density at radius 3 is 2.73 bits per heavy atom. The maximum absolute atomic E-state index is 12.8. The molecule has 1 aromatic carbocycles. The molecule has 2 saturated heterocycles. The molecule has 0 spiro atoms. The van der Waals surface area contributed by atoms with Crippen molar-refractivity contribution in [3.63, 3.8) is 0 Å². The highest BCUT2D eigenvalue weighted by Crippen LogP contribution is 2.34. The van der Waals surface area contributed by atoms with Gasteiger partial charge in [0, 0.05) is 26.1 Å². The summed E-state index contributed by atoms with van der Waals surface area (Å²) < 4.78 is 10.8. The van der Waals surface area contributed by atoms with Crippen molar-refractivity contribution in [2.75, 3.05) is 55.1 Å². The van der Waals surface area contributed by atoms with Gasteiger partial charge in [0.25, 0.3) is 0 Å². The molecule has 0 radical (unpaired) electrons. The third-order valence-electron chi connectivity index (χ3n) is 5.47. The first-order chi connectivity index (χ1) is 14.5. The van der Waals surface area contributed by atoms with Crippen LogP contribution >= 0.6 is 0 Å². The number of carbonyl (C=O) groups is 2. The third kappa shape index (κ3) is 4.23. The normalized spacial score (nSPS) is 19.1. The second kappa shape index (κ2) is 8.71. The molecule has 4 rings (SSSR count). The number of rotatable bonds is 5. The van der Waals surface area contributed by atoms with E-state index in [1.165, 1.54) is 0 Å². The van der Waals surface area contributed by atoms with Crippen LogP contribution in [0.4, 0.5) is 17.2 Å². The summed E-state index contributed by atoms with van der Waals surface area (Å²) in [5.41, 5.74) is 2.35. The van der Waals surface area contributed by atoms with E-state index in [0.29, 0.717) is 36.9 Å². The van der Waals surface area contributed by atoms with Crippen molar-refractivity contribution in [2.45, 2.75) is 13.3 Å². The largest absolute Gasteiger partial charge is 0.495 e. The molecule has 2 amide bonds. The quantitative estimate of drug-likeness (QED) is 0.814. The number of ether oxygens (including phenoxy) is 2. The first kappa shape index (κ1) is 20.2. The molecule has 2 aliphatic rings. The molecule has 0 bridgehead atoms. The summed E-state index contributed by atoms with van der Waals surface area (Å²) in [6, 6.07) is 9.41. The Bertz CT molecular complexity index is 925. The smallest absolute Gasteiger partial charge is 0.229 e. The van der Waals surface area contributed by atoms with Gasteiger partial charge in [0.2, 0.25) is 11.8 Å². The molecule has 1 unspecified atom stereocenters. The van der Waals surface area contributed by atoms with Gasteiger partial charge < -0.3 is 24.6 Å². The van der Waals surface area contributed by atoms with Crippen molar-refractivity contribution in [3.8, 4) is 5.75 Å². The van der Waals surface area contributed by atoms with Crippen LogP contribution in [-0.2, 0) is 14.3 Å². The zero-order chi connectivity index (χ0) is 21.1. The number of nitrogens with zero attached hydrogens (tertiary/aromatic N) is 3. The van der Waals surface area contributed by atoms with Gasteiger partial charge >= 0.3 is 0 Å². The molecule has 1 atom stereocenters. The number of nitrogens with one attached hydrogen (secondary N) is 1. The van der Waals surface area contributed by atoms with Crippen LogP contribution in [0, 0.1) is 12.8 Å². The van der Waals surface area contributed by atoms with Crippen molar-refractivity contribution in [1.82, 2.24) is 4.98 Å². The molecule has 8 heteroatoms.